The van der Waals surface area contributed by atoms with Crippen molar-refractivity contribution < 1.29 is 14.3 Å². The van der Waals surface area contributed by atoms with Gasteiger partial charge < -0.3 is 14.8 Å². The van der Waals surface area contributed by atoms with E-state index in [9.17, 15) is 4.79 Å². The van der Waals surface area contributed by atoms with Crippen LogP contribution in [0.3, 0.4) is 0 Å². The van der Waals surface area contributed by atoms with E-state index < -0.39 is 0 Å². The maximum Gasteiger partial charge on any atom is 0.251 e. The fourth-order valence-corrected chi connectivity index (χ4v) is 2.35. The SMILES string of the molecule is COc1ccc(/C=C(\C)C(=O)Nc2cc(C)ccc2C)cc1OC. The molecule has 2 rings (SSSR count). The second kappa shape index (κ2) is 7.68. The molecule has 0 aromatic heterocycles. The standard InChI is InChI=1S/C20H23NO3/c1-13-6-7-14(2)17(10-13)21-20(22)15(3)11-16-8-9-18(23-4)19(12-16)24-5/h6-12H,1-5H3,(H,21,22)/b15-11+. The van der Waals surface area contributed by atoms with Crippen LogP contribution in [-0.4, -0.2) is 20.1 Å². The molecule has 0 spiro atoms. The van der Waals surface area contributed by atoms with Crippen molar-refractivity contribution >= 4 is 17.7 Å². The molecule has 0 saturated carbocycles. The van der Waals surface area contributed by atoms with Crippen molar-refractivity contribution in [3.63, 3.8) is 0 Å². The van der Waals surface area contributed by atoms with Gasteiger partial charge in [-0.15, -0.1) is 0 Å². The molecule has 2 aromatic carbocycles. The van der Waals surface area contributed by atoms with Crippen LogP contribution >= 0.6 is 0 Å². The van der Waals surface area contributed by atoms with Crippen molar-refractivity contribution in [3.05, 3.63) is 58.7 Å². The van der Waals surface area contributed by atoms with Gasteiger partial charge in [0.1, 0.15) is 0 Å². The molecule has 1 N–H and O–H groups in total. The van der Waals surface area contributed by atoms with Crippen molar-refractivity contribution in [2.45, 2.75) is 20.8 Å². The first-order chi connectivity index (χ1) is 11.4. The lowest BCUT2D eigenvalue weighted by molar-refractivity contribution is -0.112. The van der Waals surface area contributed by atoms with E-state index in [0.29, 0.717) is 17.1 Å². The van der Waals surface area contributed by atoms with E-state index in [4.69, 9.17) is 9.47 Å². The molecule has 126 valence electrons. The number of hydrogen-bond donors (Lipinski definition) is 1. The molecule has 0 heterocycles. The largest absolute Gasteiger partial charge is 0.493 e. The minimum atomic E-state index is -0.126. The third-order valence-electron chi connectivity index (χ3n) is 3.79. The second-order valence-corrected chi connectivity index (χ2v) is 5.71. The predicted molar refractivity (Wildman–Crippen MR) is 97.7 cm³/mol. The molecule has 0 radical (unpaired) electrons. The van der Waals surface area contributed by atoms with Crippen LogP contribution in [0.1, 0.15) is 23.6 Å². The van der Waals surface area contributed by atoms with Gasteiger partial charge in [0, 0.05) is 11.3 Å². The van der Waals surface area contributed by atoms with Crippen LogP contribution < -0.4 is 14.8 Å². The van der Waals surface area contributed by atoms with E-state index in [1.165, 1.54) is 0 Å². The molecule has 4 heteroatoms. The molecule has 1 amide bonds. The number of benzene rings is 2. The lowest BCUT2D eigenvalue weighted by Crippen LogP contribution is -2.13. The highest BCUT2D eigenvalue weighted by molar-refractivity contribution is 6.06. The van der Waals surface area contributed by atoms with Crippen LogP contribution in [0, 0.1) is 13.8 Å². The summed E-state index contributed by atoms with van der Waals surface area (Å²) in [4.78, 5) is 12.4. The van der Waals surface area contributed by atoms with Crippen LogP contribution in [0.25, 0.3) is 6.08 Å². The Bertz CT molecular complexity index is 778. The molecule has 0 unspecified atom stereocenters. The molecular weight excluding hydrogens is 302 g/mol. The number of amides is 1. The van der Waals surface area contributed by atoms with Gasteiger partial charge >= 0.3 is 0 Å². The number of ether oxygens (including phenoxy) is 2. The van der Waals surface area contributed by atoms with Crippen LogP contribution in [-0.2, 0) is 4.79 Å². The fourth-order valence-electron chi connectivity index (χ4n) is 2.35. The summed E-state index contributed by atoms with van der Waals surface area (Å²) in [7, 11) is 3.18. The van der Waals surface area contributed by atoms with Gasteiger partial charge in [-0.05, 0) is 61.7 Å². The van der Waals surface area contributed by atoms with Crippen LogP contribution in [0.4, 0.5) is 5.69 Å². The van der Waals surface area contributed by atoms with Crippen LogP contribution in [0.15, 0.2) is 42.0 Å². The highest BCUT2D eigenvalue weighted by Gasteiger charge is 2.09. The van der Waals surface area contributed by atoms with Gasteiger partial charge in [0.2, 0.25) is 0 Å². The summed E-state index contributed by atoms with van der Waals surface area (Å²) in [5.74, 6) is 1.17. The Kier molecular flexibility index (Phi) is 5.64. The summed E-state index contributed by atoms with van der Waals surface area (Å²) in [5.41, 5.74) is 4.47. The maximum atomic E-state index is 12.4. The zero-order valence-electron chi connectivity index (χ0n) is 14.8. The van der Waals surface area contributed by atoms with E-state index >= 15 is 0 Å². The summed E-state index contributed by atoms with van der Waals surface area (Å²) < 4.78 is 10.5. The number of aryl methyl sites for hydroxylation is 2. The van der Waals surface area contributed by atoms with Gasteiger partial charge in [-0.2, -0.15) is 0 Å². The van der Waals surface area contributed by atoms with Crippen molar-refractivity contribution in [1.29, 1.82) is 0 Å². The normalized spacial score (nSPS) is 11.1. The Balaban J connectivity index is 2.21. The number of methoxy groups -OCH3 is 2. The molecule has 4 nitrogen and oxygen atoms in total. The lowest BCUT2D eigenvalue weighted by Gasteiger charge is -2.10. The number of anilines is 1. The molecule has 0 bridgehead atoms. The Labute approximate surface area is 143 Å². The van der Waals surface area contributed by atoms with E-state index in [2.05, 4.69) is 5.32 Å². The van der Waals surface area contributed by atoms with Crippen molar-refractivity contribution in [2.75, 3.05) is 19.5 Å². The Morgan fingerprint density at radius 3 is 2.38 bits per heavy atom. The number of carbonyl (C=O) groups is 1. The van der Waals surface area contributed by atoms with E-state index in [1.807, 2.05) is 56.3 Å². The van der Waals surface area contributed by atoms with Gasteiger partial charge in [-0.3, -0.25) is 4.79 Å². The van der Waals surface area contributed by atoms with Crippen molar-refractivity contribution in [3.8, 4) is 11.5 Å². The molecule has 0 fully saturated rings. The second-order valence-electron chi connectivity index (χ2n) is 5.71. The monoisotopic (exact) mass is 325 g/mol. The summed E-state index contributed by atoms with van der Waals surface area (Å²) in [5, 5.41) is 2.96. The molecule has 0 aliphatic rings. The minimum Gasteiger partial charge on any atom is -0.493 e. The smallest absolute Gasteiger partial charge is 0.251 e. The molecule has 0 aliphatic heterocycles. The first kappa shape index (κ1) is 17.6. The average Bonchev–Trinajstić information content (AvgIpc) is 2.57. The highest BCUT2D eigenvalue weighted by Crippen LogP contribution is 2.28. The maximum absolute atomic E-state index is 12.4. The molecular formula is C20H23NO3. The van der Waals surface area contributed by atoms with Crippen molar-refractivity contribution in [1.82, 2.24) is 0 Å². The third kappa shape index (κ3) is 4.16. The quantitative estimate of drug-likeness (QED) is 0.831. The molecule has 0 aliphatic carbocycles. The van der Waals surface area contributed by atoms with Crippen molar-refractivity contribution in [2.24, 2.45) is 0 Å². The van der Waals surface area contributed by atoms with Gasteiger partial charge in [0.25, 0.3) is 5.91 Å². The van der Waals surface area contributed by atoms with E-state index in [-0.39, 0.29) is 5.91 Å². The summed E-state index contributed by atoms with van der Waals surface area (Å²) in [6.07, 6.45) is 1.82. The summed E-state index contributed by atoms with van der Waals surface area (Å²) >= 11 is 0. The highest BCUT2D eigenvalue weighted by atomic mass is 16.5. The lowest BCUT2D eigenvalue weighted by atomic mass is 10.1. The van der Waals surface area contributed by atoms with Gasteiger partial charge in [-0.1, -0.05) is 18.2 Å². The fraction of sp³-hybridized carbons (Fsp3) is 0.250. The summed E-state index contributed by atoms with van der Waals surface area (Å²) in [6, 6.07) is 11.5. The molecule has 2 aromatic rings. The Morgan fingerprint density at radius 1 is 1.00 bits per heavy atom. The van der Waals surface area contributed by atoms with Crippen LogP contribution in [0.5, 0.6) is 11.5 Å². The average molecular weight is 325 g/mol. The Hall–Kier alpha value is -2.75. The molecule has 0 saturated heterocycles. The first-order valence-corrected chi connectivity index (χ1v) is 7.73. The minimum absolute atomic E-state index is 0.126. The van der Waals surface area contributed by atoms with E-state index in [1.54, 1.807) is 21.1 Å². The molecule has 0 atom stereocenters. The van der Waals surface area contributed by atoms with Gasteiger partial charge in [-0.25, -0.2) is 0 Å². The van der Waals surface area contributed by atoms with Gasteiger partial charge in [0.05, 0.1) is 14.2 Å². The number of rotatable bonds is 5. The van der Waals surface area contributed by atoms with Crippen LogP contribution in [0.2, 0.25) is 0 Å². The zero-order valence-corrected chi connectivity index (χ0v) is 14.8. The third-order valence-corrected chi connectivity index (χ3v) is 3.79. The summed E-state index contributed by atoms with van der Waals surface area (Å²) in [6.45, 7) is 5.76. The first-order valence-electron chi connectivity index (χ1n) is 7.73. The number of carbonyl (C=O) groups excluding carboxylic acids is 1. The van der Waals surface area contributed by atoms with E-state index in [0.717, 1.165) is 22.4 Å². The zero-order chi connectivity index (χ0) is 17.7. The molecule has 24 heavy (non-hydrogen) atoms. The predicted octanol–water partition coefficient (Wildman–Crippen LogP) is 4.36. The van der Waals surface area contributed by atoms with Gasteiger partial charge in [0.15, 0.2) is 11.5 Å². The topological polar surface area (TPSA) is 47.6 Å². The number of nitrogens with one attached hydrogen (secondary N) is 1. The number of hydrogen-bond acceptors (Lipinski definition) is 3. The Morgan fingerprint density at radius 2 is 1.71 bits per heavy atom.